The van der Waals surface area contributed by atoms with Crippen LogP contribution in [0.15, 0.2) is 48.6 Å². The summed E-state index contributed by atoms with van der Waals surface area (Å²) in [5.74, 6) is 0. The lowest BCUT2D eigenvalue weighted by Gasteiger charge is -2.31. The van der Waals surface area contributed by atoms with Crippen molar-refractivity contribution in [3.63, 3.8) is 0 Å². The predicted molar refractivity (Wildman–Crippen MR) is 74.0 cm³/mol. The molecule has 0 saturated carbocycles. The van der Waals surface area contributed by atoms with Crippen molar-refractivity contribution in [3.8, 4) is 0 Å². The molecule has 2 unspecified atom stereocenters. The summed E-state index contributed by atoms with van der Waals surface area (Å²) in [4.78, 5) is 0. The Hall–Kier alpha value is -1.38. The van der Waals surface area contributed by atoms with Gasteiger partial charge in [-0.15, -0.1) is 0 Å². The minimum Gasteiger partial charge on any atom is -0.386 e. The molecule has 0 saturated heterocycles. The van der Waals surface area contributed by atoms with E-state index in [9.17, 15) is 10.2 Å². The first-order valence-corrected chi connectivity index (χ1v) is 6.52. The van der Waals surface area contributed by atoms with E-state index in [2.05, 4.69) is 6.92 Å². The average Bonchev–Trinajstić information content (AvgIpc) is 2.41. The van der Waals surface area contributed by atoms with E-state index < -0.39 is 11.7 Å². The van der Waals surface area contributed by atoms with Crippen LogP contribution in [0.1, 0.15) is 31.7 Å². The van der Waals surface area contributed by atoms with Gasteiger partial charge in [-0.05, 0) is 29.7 Å². The molecule has 18 heavy (non-hydrogen) atoms. The van der Waals surface area contributed by atoms with Crippen molar-refractivity contribution in [3.05, 3.63) is 54.1 Å². The third kappa shape index (κ3) is 2.71. The fraction of sp³-hybridized carbons (Fsp3) is 0.375. The quantitative estimate of drug-likeness (QED) is 0.855. The molecule has 2 rings (SSSR count). The molecule has 96 valence electrons. The number of aliphatic hydroxyl groups is 2. The minimum atomic E-state index is -1.10. The van der Waals surface area contributed by atoms with E-state index in [0.29, 0.717) is 6.42 Å². The van der Waals surface area contributed by atoms with E-state index in [1.54, 1.807) is 12.2 Å². The zero-order chi connectivity index (χ0) is 13.0. The van der Waals surface area contributed by atoms with Gasteiger partial charge < -0.3 is 10.2 Å². The number of unbranched alkanes of at least 4 members (excludes halogenated alkanes) is 1. The summed E-state index contributed by atoms with van der Waals surface area (Å²) in [7, 11) is 0. The fourth-order valence-corrected chi connectivity index (χ4v) is 2.22. The van der Waals surface area contributed by atoms with Gasteiger partial charge in [0.1, 0.15) is 11.7 Å². The molecule has 1 aliphatic rings. The fourth-order valence-electron chi connectivity index (χ4n) is 2.22. The van der Waals surface area contributed by atoms with Crippen LogP contribution in [0.4, 0.5) is 0 Å². The molecule has 1 aromatic carbocycles. The lowest BCUT2D eigenvalue weighted by Crippen LogP contribution is -2.40. The van der Waals surface area contributed by atoms with Crippen LogP contribution in [0.25, 0.3) is 5.57 Å². The van der Waals surface area contributed by atoms with Gasteiger partial charge in [0.15, 0.2) is 0 Å². The lowest BCUT2D eigenvalue weighted by molar-refractivity contribution is -0.0221. The van der Waals surface area contributed by atoms with Gasteiger partial charge >= 0.3 is 0 Å². The number of allylic oxidation sites excluding steroid dienone is 2. The minimum absolute atomic E-state index is 0.597. The van der Waals surface area contributed by atoms with Crippen LogP contribution in [0.2, 0.25) is 0 Å². The Labute approximate surface area is 108 Å². The number of aliphatic hydroxyl groups excluding tert-OH is 1. The van der Waals surface area contributed by atoms with Crippen molar-refractivity contribution in [1.82, 2.24) is 0 Å². The molecule has 0 radical (unpaired) electrons. The van der Waals surface area contributed by atoms with Crippen molar-refractivity contribution >= 4 is 5.57 Å². The molecule has 0 aliphatic heterocycles. The molecule has 0 heterocycles. The van der Waals surface area contributed by atoms with Crippen LogP contribution in [-0.4, -0.2) is 21.9 Å². The molecule has 2 atom stereocenters. The van der Waals surface area contributed by atoms with Crippen molar-refractivity contribution in [2.45, 2.75) is 37.9 Å². The standard InChI is InChI=1S/C16H20O2/c1-2-3-10-16(18)11-9-14(12-15(16)17)13-7-5-4-6-8-13/h4-9,11-12,15,17-18H,2-3,10H2,1H3. The molecule has 0 bridgehead atoms. The summed E-state index contributed by atoms with van der Waals surface area (Å²) in [6.45, 7) is 2.08. The highest BCUT2D eigenvalue weighted by Gasteiger charge is 2.33. The van der Waals surface area contributed by atoms with Crippen LogP contribution < -0.4 is 0 Å². The third-order valence-corrected chi connectivity index (χ3v) is 3.44. The largest absolute Gasteiger partial charge is 0.386 e. The molecule has 2 heteroatoms. The molecule has 0 fully saturated rings. The summed E-state index contributed by atoms with van der Waals surface area (Å²) >= 11 is 0. The number of hydrogen-bond acceptors (Lipinski definition) is 2. The van der Waals surface area contributed by atoms with Crippen LogP contribution in [-0.2, 0) is 0 Å². The third-order valence-electron chi connectivity index (χ3n) is 3.44. The Morgan fingerprint density at radius 1 is 1.22 bits per heavy atom. The topological polar surface area (TPSA) is 40.5 Å². The summed E-state index contributed by atoms with van der Waals surface area (Å²) in [6.07, 6.45) is 7.06. The molecule has 2 nitrogen and oxygen atoms in total. The lowest BCUT2D eigenvalue weighted by atomic mass is 9.84. The van der Waals surface area contributed by atoms with Gasteiger partial charge in [-0.3, -0.25) is 0 Å². The zero-order valence-corrected chi connectivity index (χ0v) is 10.7. The molecule has 2 N–H and O–H groups in total. The van der Waals surface area contributed by atoms with Gasteiger partial charge in [0, 0.05) is 0 Å². The normalized spacial score (nSPS) is 27.1. The van der Waals surface area contributed by atoms with E-state index in [0.717, 1.165) is 24.0 Å². The first kappa shape index (κ1) is 13.1. The molecular formula is C16H20O2. The Balaban J connectivity index is 2.17. The maximum atomic E-state index is 10.4. The van der Waals surface area contributed by atoms with Crippen molar-refractivity contribution in [1.29, 1.82) is 0 Å². The van der Waals surface area contributed by atoms with E-state index in [1.807, 2.05) is 36.4 Å². The smallest absolute Gasteiger partial charge is 0.112 e. The van der Waals surface area contributed by atoms with Gasteiger partial charge in [0.2, 0.25) is 0 Å². The Morgan fingerprint density at radius 2 is 1.94 bits per heavy atom. The van der Waals surface area contributed by atoms with Crippen LogP contribution in [0, 0.1) is 0 Å². The van der Waals surface area contributed by atoms with E-state index in [-0.39, 0.29) is 0 Å². The highest BCUT2D eigenvalue weighted by atomic mass is 16.3. The molecular weight excluding hydrogens is 224 g/mol. The van der Waals surface area contributed by atoms with Gasteiger partial charge in [0.25, 0.3) is 0 Å². The summed E-state index contributed by atoms with van der Waals surface area (Å²) in [5, 5.41) is 20.5. The highest BCUT2D eigenvalue weighted by Crippen LogP contribution is 2.30. The maximum Gasteiger partial charge on any atom is 0.112 e. The Bertz CT molecular complexity index is 447. The predicted octanol–water partition coefficient (Wildman–Crippen LogP) is 2.92. The van der Waals surface area contributed by atoms with Crippen molar-refractivity contribution < 1.29 is 10.2 Å². The summed E-state index contributed by atoms with van der Waals surface area (Å²) < 4.78 is 0. The van der Waals surface area contributed by atoms with Gasteiger partial charge in [0.05, 0.1) is 0 Å². The Morgan fingerprint density at radius 3 is 2.56 bits per heavy atom. The van der Waals surface area contributed by atoms with Crippen LogP contribution in [0.5, 0.6) is 0 Å². The number of hydrogen-bond donors (Lipinski definition) is 2. The maximum absolute atomic E-state index is 10.4. The van der Waals surface area contributed by atoms with Gasteiger partial charge in [-0.2, -0.15) is 0 Å². The summed E-state index contributed by atoms with van der Waals surface area (Å²) in [6, 6.07) is 9.89. The zero-order valence-electron chi connectivity index (χ0n) is 10.7. The van der Waals surface area contributed by atoms with Crippen LogP contribution in [0.3, 0.4) is 0 Å². The first-order chi connectivity index (χ1) is 8.65. The second-order valence-electron chi connectivity index (χ2n) is 4.86. The van der Waals surface area contributed by atoms with E-state index in [4.69, 9.17) is 0 Å². The number of rotatable bonds is 4. The first-order valence-electron chi connectivity index (χ1n) is 6.52. The van der Waals surface area contributed by atoms with Gasteiger partial charge in [-0.1, -0.05) is 56.2 Å². The molecule has 0 aromatic heterocycles. The highest BCUT2D eigenvalue weighted by molar-refractivity contribution is 5.76. The second-order valence-corrected chi connectivity index (χ2v) is 4.86. The summed E-state index contributed by atoms with van der Waals surface area (Å²) in [5.41, 5.74) is 0.920. The van der Waals surface area contributed by atoms with Gasteiger partial charge in [-0.25, -0.2) is 0 Å². The molecule has 1 aliphatic carbocycles. The Kier molecular flexibility index (Phi) is 4.00. The van der Waals surface area contributed by atoms with E-state index in [1.165, 1.54) is 0 Å². The monoisotopic (exact) mass is 244 g/mol. The van der Waals surface area contributed by atoms with Crippen molar-refractivity contribution in [2.75, 3.05) is 0 Å². The second kappa shape index (κ2) is 5.51. The molecule has 1 aromatic rings. The van der Waals surface area contributed by atoms with Crippen LogP contribution >= 0.6 is 0 Å². The number of benzene rings is 1. The average molecular weight is 244 g/mol. The molecule has 0 spiro atoms. The van der Waals surface area contributed by atoms with Crippen molar-refractivity contribution in [2.24, 2.45) is 0 Å². The molecule has 0 amide bonds. The van der Waals surface area contributed by atoms with E-state index >= 15 is 0 Å². The SMILES string of the molecule is CCCCC1(O)C=CC(c2ccccc2)=CC1O.